The molecule has 5 nitrogen and oxygen atoms in total. The lowest BCUT2D eigenvalue weighted by atomic mass is 10.2. The fraction of sp³-hybridized carbons (Fsp3) is 0.800. The molecular weight excluding hydrogens is 196 g/mol. The molecule has 0 aliphatic carbocycles. The predicted octanol–water partition coefficient (Wildman–Crippen LogP) is 0.352. The molecule has 0 saturated carbocycles. The normalized spacial score (nSPS) is 13.1. The van der Waals surface area contributed by atoms with Gasteiger partial charge in [0.25, 0.3) is 0 Å². The highest BCUT2D eigenvalue weighted by Crippen LogP contribution is 2.09. The van der Waals surface area contributed by atoms with Crippen LogP contribution < -0.4 is 5.32 Å². The number of ether oxygens (including phenoxy) is 1. The third-order valence-corrected chi connectivity index (χ3v) is 1.74. The van der Waals surface area contributed by atoms with E-state index in [1.165, 1.54) is 4.90 Å². The molecule has 0 aliphatic heterocycles. The van der Waals surface area contributed by atoms with Crippen molar-refractivity contribution >= 4 is 12.4 Å². The van der Waals surface area contributed by atoms with Gasteiger partial charge >= 0.3 is 5.97 Å². The molecule has 0 aromatic heterocycles. The summed E-state index contributed by atoms with van der Waals surface area (Å²) in [4.78, 5) is 23.7. The van der Waals surface area contributed by atoms with E-state index in [-0.39, 0.29) is 0 Å². The van der Waals surface area contributed by atoms with E-state index in [0.29, 0.717) is 13.0 Å². The molecule has 1 N–H and O–H groups in total. The van der Waals surface area contributed by atoms with Crippen molar-refractivity contribution in [1.82, 2.24) is 10.2 Å². The molecule has 0 bridgehead atoms. The van der Waals surface area contributed by atoms with E-state index in [4.69, 9.17) is 4.74 Å². The number of hydrogen-bond acceptors (Lipinski definition) is 4. The van der Waals surface area contributed by atoms with Gasteiger partial charge in [-0.3, -0.25) is 10.1 Å². The fourth-order valence-corrected chi connectivity index (χ4v) is 1.09. The van der Waals surface area contributed by atoms with Crippen LogP contribution in [-0.2, 0) is 14.3 Å². The minimum Gasteiger partial charge on any atom is -0.457 e. The zero-order valence-corrected chi connectivity index (χ0v) is 10.0. The minimum absolute atomic E-state index is 0.445. The lowest BCUT2D eigenvalue weighted by Crippen LogP contribution is -2.51. The molecule has 0 aromatic rings. The van der Waals surface area contributed by atoms with Gasteiger partial charge in [-0.1, -0.05) is 0 Å². The number of rotatable bonds is 5. The van der Waals surface area contributed by atoms with Crippen molar-refractivity contribution in [2.45, 2.75) is 39.5 Å². The Bertz CT molecular complexity index is 223. The summed E-state index contributed by atoms with van der Waals surface area (Å²) in [5.74, 6) is -0.445. The first-order chi connectivity index (χ1) is 6.85. The number of esters is 1. The van der Waals surface area contributed by atoms with Crippen LogP contribution in [0.15, 0.2) is 0 Å². The van der Waals surface area contributed by atoms with Crippen molar-refractivity contribution < 1.29 is 14.3 Å². The number of likely N-dealkylation sites (N-methyl/N-ethyl adjacent to an activating group) is 2. The number of amides is 1. The van der Waals surface area contributed by atoms with E-state index in [2.05, 4.69) is 5.32 Å². The summed E-state index contributed by atoms with van der Waals surface area (Å²) in [6.45, 7) is 7.61. The Morgan fingerprint density at radius 2 is 2.07 bits per heavy atom. The van der Waals surface area contributed by atoms with Crippen molar-refractivity contribution in [3.8, 4) is 0 Å². The van der Waals surface area contributed by atoms with Gasteiger partial charge in [-0.25, -0.2) is 4.79 Å². The highest BCUT2D eigenvalue weighted by atomic mass is 16.6. The van der Waals surface area contributed by atoms with Crippen LogP contribution in [0.1, 0.15) is 27.7 Å². The molecule has 0 aromatic carbocycles. The van der Waals surface area contributed by atoms with E-state index in [0.717, 1.165) is 0 Å². The molecule has 5 heteroatoms. The predicted molar refractivity (Wildman–Crippen MR) is 57.1 cm³/mol. The van der Waals surface area contributed by atoms with Crippen molar-refractivity contribution in [3.05, 3.63) is 0 Å². The molecule has 0 fully saturated rings. The topological polar surface area (TPSA) is 58.6 Å². The Labute approximate surface area is 90.8 Å². The second kappa shape index (κ2) is 5.70. The summed E-state index contributed by atoms with van der Waals surface area (Å²) < 4.78 is 5.17. The number of carbonyl (C=O) groups is 2. The molecule has 1 atom stereocenters. The van der Waals surface area contributed by atoms with Gasteiger partial charge < -0.3 is 9.64 Å². The van der Waals surface area contributed by atoms with Crippen LogP contribution in [0.2, 0.25) is 0 Å². The Balaban J connectivity index is 4.53. The second-order valence-corrected chi connectivity index (χ2v) is 4.16. The summed E-state index contributed by atoms with van der Waals surface area (Å²) in [5.41, 5.74) is -0.547. The van der Waals surface area contributed by atoms with Crippen LogP contribution in [0, 0.1) is 0 Å². The van der Waals surface area contributed by atoms with E-state index < -0.39 is 17.7 Å². The molecule has 1 amide bonds. The second-order valence-electron chi connectivity index (χ2n) is 4.16. The Kier molecular flexibility index (Phi) is 5.28. The zero-order valence-electron chi connectivity index (χ0n) is 10.0. The van der Waals surface area contributed by atoms with Gasteiger partial charge in [0.05, 0.1) is 0 Å². The Morgan fingerprint density at radius 1 is 1.53 bits per heavy atom. The molecule has 0 spiro atoms. The first-order valence-electron chi connectivity index (χ1n) is 4.97. The Hall–Kier alpha value is -1.10. The molecule has 88 valence electrons. The maximum absolute atomic E-state index is 11.7. The molecule has 0 saturated heterocycles. The third-order valence-electron chi connectivity index (χ3n) is 1.74. The largest absolute Gasteiger partial charge is 0.457 e. The average Bonchev–Trinajstić information content (AvgIpc) is 2.10. The van der Waals surface area contributed by atoms with Gasteiger partial charge in [-0.15, -0.1) is 0 Å². The van der Waals surface area contributed by atoms with Crippen molar-refractivity contribution in [2.75, 3.05) is 13.6 Å². The summed E-state index contributed by atoms with van der Waals surface area (Å²) in [6, 6.07) is 0. The van der Waals surface area contributed by atoms with Gasteiger partial charge in [-0.05, 0) is 34.7 Å². The Morgan fingerprint density at radius 3 is 2.33 bits per heavy atom. The molecule has 0 rings (SSSR count). The van der Waals surface area contributed by atoms with Crippen LogP contribution in [0.25, 0.3) is 0 Å². The average molecular weight is 216 g/mol. The van der Waals surface area contributed by atoms with Gasteiger partial charge in [0, 0.05) is 6.54 Å². The lowest BCUT2D eigenvalue weighted by molar-refractivity contribution is -0.164. The molecule has 0 heterocycles. The van der Waals surface area contributed by atoms with Gasteiger partial charge in [0.1, 0.15) is 5.60 Å². The summed E-state index contributed by atoms with van der Waals surface area (Å²) >= 11 is 0. The van der Waals surface area contributed by atoms with Crippen molar-refractivity contribution in [3.63, 3.8) is 0 Å². The van der Waals surface area contributed by atoms with Crippen molar-refractivity contribution in [1.29, 1.82) is 0 Å². The molecule has 15 heavy (non-hydrogen) atoms. The number of nitrogens with zero attached hydrogens (tertiary/aromatic N) is 1. The minimum atomic E-state index is -0.716. The van der Waals surface area contributed by atoms with E-state index in [1.807, 2.05) is 0 Å². The summed E-state index contributed by atoms with van der Waals surface area (Å²) in [7, 11) is 1.61. The van der Waals surface area contributed by atoms with Crippen LogP contribution in [0.3, 0.4) is 0 Å². The molecule has 0 aliphatic rings. The fourth-order valence-electron chi connectivity index (χ4n) is 1.09. The lowest BCUT2D eigenvalue weighted by Gasteiger charge is -2.28. The SMILES string of the molecule is CCN(C=O)C(NC)C(=O)OC(C)(C)C. The van der Waals surface area contributed by atoms with Crippen LogP contribution >= 0.6 is 0 Å². The highest BCUT2D eigenvalue weighted by Gasteiger charge is 2.27. The molecular formula is C10H20N2O3. The maximum atomic E-state index is 11.7. The number of carbonyl (C=O) groups excluding carboxylic acids is 2. The molecule has 0 radical (unpaired) electrons. The van der Waals surface area contributed by atoms with E-state index in [9.17, 15) is 9.59 Å². The van der Waals surface area contributed by atoms with Gasteiger partial charge in [0.15, 0.2) is 6.17 Å². The quantitative estimate of drug-likeness (QED) is 0.409. The highest BCUT2D eigenvalue weighted by molar-refractivity contribution is 5.78. The maximum Gasteiger partial charge on any atom is 0.344 e. The van der Waals surface area contributed by atoms with E-state index >= 15 is 0 Å². The molecule has 1 unspecified atom stereocenters. The van der Waals surface area contributed by atoms with Crippen LogP contribution in [0.5, 0.6) is 0 Å². The van der Waals surface area contributed by atoms with Crippen molar-refractivity contribution in [2.24, 2.45) is 0 Å². The standard InChI is InChI=1S/C10H20N2O3/c1-6-12(7-13)8(11-5)9(14)15-10(2,3)4/h7-8,11H,6H2,1-5H3. The van der Waals surface area contributed by atoms with E-state index in [1.54, 1.807) is 34.7 Å². The van der Waals surface area contributed by atoms with Gasteiger partial charge in [0.2, 0.25) is 6.41 Å². The third kappa shape index (κ3) is 4.78. The summed E-state index contributed by atoms with van der Waals surface area (Å²) in [5, 5.41) is 2.75. The monoisotopic (exact) mass is 216 g/mol. The first-order valence-corrected chi connectivity index (χ1v) is 4.97. The number of hydrogen-bond donors (Lipinski definition) is 1. The number of nitrogens with one attached hydrogen (secondary N) is 1. The van der Waals surface area contributed by atoms with Gasteiger partial charge in [-0.2, -0.15) is 0 Å². The zero-order chi connectivity index (χ0) is 12.1. The smallest absolute Gasteiger partial charge is 0.344 e. The first kappa shape index (κ1) is 13.9. The van der Waals surface area contributed by atoms with Crippen LogP contribution in [-0.4, -0.2) is 42.6 Å². The van der Waals surface area contributed by atoms with Crippen LogP contribution in [0.4, 0.5) is 0 Å². The summed E-state index contributed by atoms with van der Waals surface area (Å²) in [6.07, 6.45) is -0.0859.